The van der Waals surface area contributed by atoms with E-state index in [9.17, 15) is 14.4 Å². The summed E-state index contributed by atoms with van der Waals surface area (Å²) < 4.78 is 16.7. The second kappa shape index (κ2) is 63.6. The van der Waals surface area contributed by atoms with Gasteiger partial charge < -0.3 is 14.2 Å². The first-order chi connectivity index (χ1) is 37.5. The van der Waals surface area contributed by atoms with Crippen LogP contribution in [0.2, 0.25) is 0 Å². The number of ether oxygens (including phenoxy) is 3. The molecule has 1 atom stereocenters. The lowest BCUT2D eigenvalue weighted by atomic mass is 10.0. The smallest absolute Gasteiger partial charge is 0.310 e. The lowest BCUT2D eigenvalue weighted by molar-refractivity contribution is -0.166. The van der Waals surface area contributed by atoms with E-state index >= 15 is 0 Å². The Morgan fingerprint density at radius 2 is 0.553 bits per heavy atom. The Balaban J connectivity index is 4.26. The summed E-state index contributed by atoms with van der Waals surface area (Å²) >= 11 is 0. The summed E-state index contributed by atoms with van der Waals surface area (Å²) in [5.41, 5.74) is 0. The van der Waals surface area contributed by atoms with Gasteiger partial charge in [0.15, 0.2) is 6.10 Å². The second-order valence-corrected chi connectivity index (χ2v) is 20.9. The highest BCUT2D eigenvalue weighted by atomic mass is 16.6. The predicted octanol–water partition coefficient (Wildman–Crippen LogP) is 21.8. The van der Waals surface area contributed by atoms with Crippen LogP contribution >= 0.6 is 0 Å². The van der Waals surface area contributed by atoms with Gasteiger partial charge in [-0.15, -0.1) is 0 Å². The summed E-state index contributed by atoms with van der Waals surface area (Å²) in [5.74, 6) is -1.15. The molecule has 76 heavy (non-hydrogen) atoms. The molecule has 0 aliphatic heterocycles. The van der Waals surface area contributed by atoms with E-state index in [0.29, 0.717) is 19.3 Å². The van der Waals surface area contributed by atoms with E-state index in [1.165, 1.54) is 173 Å². The van der Waals surface area contributed by atoms with Gasteiger partial charge in [0.1, 0.15) is 13.2 Å². The molecule has 0 radical (unpaired) electrons. The molecule has 6 nitrogen and oxygen atoms in total. The summed E-state index contributed by atoms with van der Waals surface area (Å²) in [6.45, 7) is 6.28. The van der Waals surface area contributed by atoms with Crippen molar-refractivity contribution in [1.29, 1.82) is 0 Å². The zero-order valence-corrected chi connectivity index (χ0v) is 49.7. The Kier molecular flexibility index (Phi) is 60.3. The summed E-state index contributed by atoms with van der Waals surface area (Å²) in [7, 11) is 0. The predicted molar refractivity (Wildman–Crippen MR) is 330 cm³/mol. The number of unbranched alkanes of at least 4 members (excludes halogenated alkanes) is 29. The van der Waals surface area contributed by atoms with Crippen molar-refractivity contribution in [3.63, 3.8) is 0 Å². The van der Waals surface area contributed by atoms with Gasteiger partial charge in [0.25, 0.3) is 0 Å². The summed E-state index contributed by atoms with van der Waals surface area (Å²) in [4.78, 5) is 38.1. The maximum atomic E-state index is 12.8. The molecule has 0 rings (SSSR count). The molecule has 6 heteroatoms. The maximum absolute atomic E-state index is 12.8. The fourth-order valence-electron chi connectivity index (χ4n) is 8.89. The third-order valence-electron chi connectivity index (χ3n) is 13.6. The van der Waals surface area contributed by atoms with E-state index in [-0.39, 0.29) is 38.0 Å². The zero-order valence-electron chi connectivity index (χ0n) is 49.7. The molecule has 0 spiro atoms. The minimum atomic E-state index is -0.862. The van der Waals surface area contributed by atoms with Crippen LogP contribution in [-0.4, -0.2) is 37.2 Å². The first-order valence-corrected chi connectivity index (χ1v) is 31.9. The van der Waals surface area contributed by atoms with Crippen molar-refractivity contribution in [2.24, 2.45) is 0 Å². The normalized spacial score (nSPS) is 12.8. The molecule has 0 saturated heterocycles. The number of carbonyl (C=O) groups excluding carboxylic acids is 3. The third-order valence-corrected chi connectivity index (χ3v) is 13.6. The molecule has 0 fully saturated rings. The van der Waals surface area contributed by atoms with Crippen LogP contribution in [0.15, 0.2) is 109 Å². The minimum Gasteiger partial charge on any atom is -0.462 e. The van der Waals surface area contributed by atoms with Gasteiger partial charge in [0, 0.05) is 12.8 Å². The maximum Gasteiger partial charge on any atom is 0.310 e. The van der Waals surface area contributed by atoms with Gasteiger partial charge in [-0.2, -0.15) is 0 Å². The van der Waals surface area contributed by atoms with Crippen molar-refractivity contribution >= 4 is 17.9 Å². The lowest BCUT2D eigenvalue weighted by Crippen LogP contribution is -2.30. The Bertz CT molecular complexity index is 1540. The molecule has 0 aromatic heterocycles. The molecule has 0 saturated carbocycles. The lowest BCUT2D eigenvalue weighted by Gasteiger charge is -2.18. The zero-order chi connectivity index (χ0) is 55.0. The molecular weight excluding hydrogens is 937 g/mol. The van der Waals surface area contributed by atoms with Crippen molar-refractivity contribution in [2.45, 2.75) is 303 Å². The highest BCUT2D eigenvalue weighted by molar-refractivity contribution is 5.72. The number of esters is 3. The number of allylic oxidation sites excluding steroid dienone is 17. The number of hydrogen-bond acceptors (Lipinski definition) is 6. The van der Waals surface area contributed by atoms with Crippen molar-refractivity contribution in [1.82, 2.24) is 0 Å². The standard InChI is InChI=1S/C70H118O6/c1-4-7-10-13-16-19-22-25-27-28-29-30-31-32-33-34-35-36-37-38-39-40-41-43-45-48-51-54-57-60-63-69(72)75-66-67(65-74-68(71)62-59-56-53-50-47-44-24-21-18-15-12-9-6-3)76-70(73)64-61-58-55-52-49-46-42-26-23-20-17-14-11-8-5-2/h8-9,11-12,17-18,20-21,26,42,44,47,49,52-53,56,58,61,67H,4-7,10,13-16,19,22-25,27-41,43,45-46,48,50-51,54-55,57,59-60,62-66H2,1-3H3/b11-8-,12-9-,20-17-,21-18-,42-26-,47-44-,52-49-,56-53-,61-58-. The molecule has 0 aromatic rings. The molecule has 0 aromatic carbocycles. The minimum absolute atomic E-state index is 0.0808. The van der Waals surface area contributed by atoms with Crippen LogP contribution < -0.4 is 0 Å². The summed E-state index contributed by atoms with van der Waals surface area (Å²) in [6.07, 6.45) is 87.4. The van der Waals surface area contributed by atoms with Crippen LogP contribution in [0.4, 0.5) is 0 Å². The quantitative estimate of drug-likeness (QED) is 0.0261. The Hall–Kier alpha value is -3.93. The number of carbonyl (C=O) groups is 3. The number of hydrogen-bond donors (Lipinski definition) is 0. The molecule has 0 aliphatic rings. The molecule has 434 valence electrons. The molecular formula is C70H118O6. The van der Waals surface area contributed by atoms with Crippen LogP contribution in [-0.2, 0) is 28.6 Å². The molecule has 0 bridgehead atoms. The van der Waals surface area contributed by atoms with E-state index in [2.05, 4.69) is 106 Å². The third kappa shape index (κ3) is 60.9. The van der Waals surface area contributed by atoms with E-state index in [0.717, 1.165) is 70.6 Å². The van der Waals surface area contributed by atoms with Gasteiger partial charge in [-0.05, 0) is 70.6 Å². The Morgan fingerprint density at radius 1 is 0.289 bits per heavy atom. The van der Waals surface area contributed by atoms with Gasteiger partial charge in [-0.25, -0.2) is 0 Å². The SMILES string of the molecule is CC/C=C\C/C=C\C/C=C\C/C=C\C/C=C\CC(=O)OC(COC(=O)CC/C=C\C/C=C\C/C=C\C/C=C\CC)COC(=O)CCCCCCCCCCCCCCCCCCCCCCCCCCCCCCCC. The van der Waals surface area contributed by atoms with Crippen LogP contribution in [0.25, 0.3) is 0 Å². The van der Waals surface area contributed by atoms with E-state index in [1.54, 1.807) is 6.08 Å². The van der Waals surface area contributed by atoms with Crippen molar-refractivity contribution in [2.75, 3.05) is 13.2 Å². The highest BCUT2D eigenvalue weighted by Crippen LogP contribution is 2.17. The summed E-state index contributed by atoms with van der Waals surface area (Å²) in [5, 5.41) is 0. The first-order valence-electron chi connectivity index (χ1n) is 31.9. The van der Waals surface area contributed by atoms with Crippen molar-refractivity contribution < 1.29 is 28.6 Å². The fraction of sp³-hybridized carbons (Fsp3) is 0.700. The largest absolute Gasteiger partial charge is 0.462 e. The molecule has 0 N–H and O–H groups in total. The van der Waals surface area contributed by atoms with Gasteiger partial charge >= 0.3 is 17.9 Å². The summed E-state index contributed by atoms with van der Waals surface area (Å²) in [6, 6.07) is 0. The van der Waals surface area contributed by atoms with Crippen LogP contribution in [0, 0.1) is 0 Å². The second-order valence-electron chi connectivity index (χ2n) is 20.9. The van der Waals surface area contributed by atoms with Gasteiger partial charge in [-0.1, -0.05) is 316 Å². The van der Waals surface area contributed by atoms with Crippen LogP contribution in [0.1, 0.15) is 297 Å². The van der Waals surface area contributed by atoms with E-state index in [4.69, 9.17) is 14.2 Å². The van der Waals surface area contributed by atoms with Gasteiger partial charge in [-0.3, -0.25) is 14.4 Å². The average molecular weight is 1060 g/mol. The van der Waals surface area contributed by atoms with E-state index < -0.39 is 12.1 Å². The van der Waals surface area contributed by atoms with E-state index in [1.807, 2.05) is 18.2 Å². The Morgan fingerprint density at radius 3 is 0.868 bits per heavy atom. The first kappa shape index (κ1) is 72.1. The Labute approximate surface area is 470 Å². The molecule has 1 unspecified atom stereocenters. The molecule has 0 aliphatic carbocycles. The van der Waals surface area contributed by atoms with Gasteiger partial charge in [0.2, 0.25) is 0 Å². The van der Waals surface area contributed by atoms with Crippen molar-refractivity contribution in [3.05, 3.63) is 109 Å². The monoisotopic (exact) mass is 1050 g/mol. The van der Waals surface area contributed by atoms with Crippen LogP contribution in [0.5, 0.6) is 0 Å². The van der Waals surface area contributed by atoms with Gasteiger partial charge in [0.05, 0.1) is 6.42 Å². The fourth-order valence-corrected chi connectivity index (χ4v) is 8.89. The topological polar surface area (TPSA) is 78.9 Å². The average Bonchev–Trinajstić information content (AvgIpc) is 3.42. The number of rotatable bonds is 57. The molecule has 0 heterocycles. The highest BCUT2D eigenvalue weighted by Gasteiger charge is 2.19. The van der Waals surface area contributed by atoms with Crippen LogP contribution in [0.3, 0.4) is 0 Å². The van der Waals surface area contributed by atoms with Crippen molar-refractivity contribution in [3.8, 4) is 0 Å². The molecule has 0 amide bonds.